The zero-order valence-electron chi connectivity index (χ0n) is 16.8. The molecular weight excluding hydrogens is 415 g/mol. The van der Waals surface area contributed by atoms with Gasteiger partial charge in [0.05, 0.1) is 0 Å². The van der Waals surface area contributed by atoms with Crippen molar-refractivity contribution in [2.45, 2.75) is 25.4 Å². The maximum atomic E-state index is 12.2. The quantitative estimate of drug-likeness (QED) is 0.378. The third-order valence-corrected chi connectivity index (χ3v) is 5.45. The molecule has 2 aromatic carbocycles. The molecule has 0 radical (unpaired) electrons. The number of fused-ring (bicyclic) bond motifs is 1. The molecule has 1 aliphatic rings. The minimum atomic E-state index is -5.60. The third-order valence-electron chi connectivity index (χ3n) is 4.47. The molecule has 0 unspecified atom stereocenters. The van der Waals surface area contributed by atoms with Gasteiger partial charge in [-0.2, -0.15) is 21.6 Å². The molecule has 0 bridgehead atoms. The highest BCUT2D eigenvalue weighted by atomic mass is 32.2. The van der Waals surface area contributed by atoms with Crippen LogP contribution in [0.3, 0.4) is 0 Å². The van der Waals surface area contributed by atoms with Gasteiger partial charge in [-0.05, 0) is 54.8 Å². The van der Waals surface area contributed by atoms with Crippen LogP contribution in [-0.4, -0.2) is 32.4 Å². The lowest BCUT2D eigenvalue weighted by Gasteiger charge is -2.25. The molecule has 0 atom stereocenters. The number of allylic oxidation sites excluding steroid dienone is 2. The van der Waals surface area contributed by atoms with E-state index in [4.69, 9.17) is 0 Å². The van der Waals surface area contributed by atoms with E-state index in [0.29, 0.717) is 6.54 Å². The van der Waals surface area contributed by atoms with Crippen LogP contribution in [0.15, 0.2) is 61.2 Å². The largest absolute Gasteiger partial charge is 0.534 e. The average Bonchev–Trinajstić information content (AvgIpc) is 2.66. The minimum Gasteiger partial charge on any atom is -0.376 e. The molecule has 0 fully saturated rings. The van der Waals surface area contributed by atoms with Crippen molar-refractivity contribution in [3.8, 4) is 5.75 Å². The number of hydrogen-bond donors (Lipinski definition) is 0. The SMILES string of the molecule is C=C/C=C\c1ccccc1C.CN1CCc2ccc(OS(=O)(=O)C(F)(F)F)cc2C1. The Morgan fingerprint density at radius 3 is 2.47 bits per heavy atom. The van der Waals surface area contributed by atoms with Crippen LogP contribution in [0, 0.1) is 6.92 Å². The Hall–Kier alpha value is -2.58. The maximum absolute atomic E-state index is 12.2. The highest BCUT2D eigenvalue weighted by Gasteiger charge is 2.48. The zero-order chi connectivity index (χ0) is 22.4. The fourth-order valence-corrected chi connectivity index (χ4v) is 3.30. The van der Waals surface area contributed by atoms with E-state index in [1.54, 1.807) is 12.1 Å². The van der Waals surface area contributed by atoms with Crippen LogP contribution in [-0.2, 0) is 23.1 Å². The van der Waals surface area contributed by atoms with Crippen molar-refractivity contribution in [2.24, 2.45) is 0 Å². The Labute approximate surface area is 175 Å². The first kappa shape index (κ1) is 23.7. The molecule has 4 nitrogen and oxygen atoms in total. The molecule has 0 aliphatic carbocycles. The summed E-state index contributed by atoms with van der Waals surface area (Å²) in [6, 6.07) is 12.5. The number of likely N-dealkylation sites (N-methyl/N-ethyl adjacent to an activating group) is 1. The molecule has 2 aromatic rings. The van der Waals surface area contributed by atoms with Gasteiger partial charge in [-0.25, -0.2) is 0 Å². The van der Waals surface area contributed by atoms with Gasteiger partial charge < -0.3 is 9.08 Å². The monoisotopic (exact) mass is 439 g/mol. The molecule has 1 heterocycles. The zero-order valence-corrected chi connectivity index (χ0v) is 17.6. The van der Waals surface area contributed by atoms with E-state index in [9.17, 15) is 21.6 Å². The first-order chi connectivity index (χ1) is 14.0. The number of rotatable bonds is 4. The summed E-state index contributed by atoms with van der Waals surface area (Å²) in [6.45, 7) is 7.13. The van der Waals surface area contributed by atoms with E-state index >= 15 is 0 Å². The number of halogens is 3. The molecule has 0 saturated carbocycles. The summed E-state index contributed by atoms with van der Waals surface area (Å²) in [7, 11) is -3.73. The number of nitrogens with zero attached hydrogens (tertiary/aromatic N) is 1. The predicted molar refractivity (Wildman–Crippen MR) is 112 cm³/mol. The predicted octanol–water partition coefficient (Wildman–Crippen LogP) is 5.10. The van der Waals surface area contributed by atoms with Gasteiger partial charge >= 0.3 is 15.6 Å². The van der Waals surface area contributed by atoms with E-state index in [-0.39, 0.29) is 5.75 Å². The molecule has 30 heavy (non-hydrogen) atoms. The second-order valence-corrected chi connectivity index (χ2v) is 8.39. The summed E-state index contributed by atoms with van der Waals surface area (Å²) in [5.74, 6) is -0.314. The van der Waals surface area contributed by atoms with Crippen molar-refractivity contribution < 1.29 is 25.8 Å². The molecule has 0 aromatic heterocycles. The topological polar surface area (TPSA) is 46.6 Å². The highest BCUT2D eigenvalue weighted by Crippen LogP contribution is 2.29. The number of aryl methyl sites for hydroxylation is 1. The smallest absolute Gasteiger partial charge is 0.376 e. The van der Waals surface area contributed by atoms with E-state index < -0.39 is 15.6 Å². The van der Waals surface area contributed by atoms with Crippen molar-refractivity contribution in [1.82, 2.24) is 4.90 Å². The summed E-state index contributed by atoms with van der Waals surface area (Å²) < 4.78 is 62.5. The molecule has 0 amide bonds. The van der Waals surface area contributed by atoms with Crippen LogP contribution in [0.5, 0.6) is 5.75 Å². The number of benzene rings is 2. The van der Waals surface area contributed by atoms with Gasteiger partial charge in [0.1, 0.15) is 5.75 Å². The Bertz CT molecular complexity index is 1010. The fraction of sp³-hybridized carbons (Fsp3) is 0.273. The van der Waals surface area contributed by atoms with Crippen LogP contribution < -0.4 is 4.18 Å². The summed E-state index contributed by atoms with van der Waals surface area (Å²) in [5, 5.41) is 0. The number of alkyl halides is 3. The van der Waals surface area contributed by atoms with Crippen LogP contribution in [0.4, 0.5) is 13.2 Å². The van der Waals surface area contributed by atoms with E-state index in [2.05, 4.69) is 35.9 Å². The van der Waals surface area contributed by atoms with Gasteiger partial charge in [0.15, 0.2) is 0 Å². The standard InChI is InChI=1S/C11H12F3NO3S.C11H12/c1-15-5-4-8-2-3-10(6-9(8)7-15)18-19(16,17)11(12,13)14;1-3-4-8-11-9-6-5-7-10(11)2/h2-3,6H,4-5,7H2,1H3;3-9H,1H2,2H3/b;8-4-. The van der Waals surface area contributed by atoms with E-state index in [1.807, 2.05) is 30.2 Å². The van der Waals surface area contributed by atoms with Crippen molar-refractivity contribution in [1.29, 1.82) is 0 Å². The minimum absolute atomic E-state index is 0.314. The lowest BCUT2D eigenvalue weighted by Crippen LogP contribution is -2.29. The van der Waals surface area contributed by atoms with Gasteiger partial charge in [0.25, 0.3) is 0 Å². The summed E-state index contributed by atoms with van der Waals surface area (Å²) in [6.07, 6.45) is 6.56. The average molecular weight is 439 g/mol. The highest BCUT2D eigenvalue weighted by molar-refractivity contribution is 7.88. The first-order valence-electron chi connectivity index (χ1n) is 9.19. The Kier molecular flexibility index (Phi) is 7.86. The van der Waals surface area contributed by atoms with Gasteiger partial charge in [-0.15, -0.1) is 0 Å². The second kappa shape index (κ2) is 9.95. The molecule has 162 valence electrons. The molecular formula is C22H24F3NO3S. The molecule has 1 aliphatic heterocycles. The van der Waals surface area contributed by atoms with Crippen LogP contribution >= 0.6 is 0 Å². The molecule has 3 rings (SSSR count). The lowest BCUT2D eigenvalue weighted by atomic mass is 10.00. The molecule has 8 heteroatoms. The maximum Gasteiger partial charge on any atom is 0.534 e. The van der Waals surface area contributed by atoms with Crippen LogP contribution in [0.1, 0.15) is 22.3 Å². The van der Waals surface area contributed by atoms with Crippen LogP contribution in [0.2, 0.25) is 0 Å². The van der Waals surface area contributed by atoms with Crippen LogP contribution in [0.25, 0.3) is 6.08 Å². The Balaban J connectivity index is 0.000000248. The lowest BCUT2D eigenvalue weighted by molar-refractivity contribution is -0.0500. The van der Waals surface area contributed by atoms with Crippen molar-refractivity contribution in [3.63, 3.8) is 0 Å². The molecule has 0 spiro atoms. The van der Waals surface area contributed by atoms with E-state index in [0.717, 1.165) is 24.1 Å². The number of hydrogen-bond acceptors (Lipinski definition) is 4. The second-order valence-electron chi connectivity index (χ2n) is 6.85. The third kappa shape index (κ3) is 6.47. The normalized spacial score (nSPS) is 14.6. The van der Waals surface area contributed by atoms with Gasteiger partial charge in [-0.1, -0.05) is 55.1 Å². The summed E-state index contributed by atoms with van der Waals surface area (Å²) in [5.41, 5.74) is -1.09. The van der Waals surface area contributed by atoms with Gasteiger partial charge in [0.2, 0.25) is 0 Å². The fourth-order valence-electron chi connectivity index (χ4n) is 2.85. The van der Waals surface area contributed by atoms with Crippen molar-refractivity contribution >= 4 is 16.2 Å². The Morgan fingerprint density at radius 1 is 1.13 bits per heavy atom. The summed E-state index contributed by atoms with van der Waals surface area (Å²) in [4.78, 5) is 1.99. The van der Waals surface area contributed by atoms with Gasteiger partial charge in [0, 0.05) is 13.1 Å². The van der Waals surface area contributed by atoms with Gasteiger partial charge in [-0.3, -0.25) is 0 Å². The summed E-state index contributed by atoms with van der Waals surface area (Å²) >= 11 is 0. The van der Waals surface area contributed by atoms with Crippen molar-refractivity contribution in [3.05, 3.63) is 83.4 Å². The molecule has 0 N–H and O–H groups in total. The van der Waals surface area contributed by atoms with E-state index in [1.165, 1.54) is 23.3 Å². The van der Waals surface area contributed by atoms with Crippen molar-refractivity contribution in [2.75, 3.05) is 13.6 Å². The first-order valence-corrected chi connectivity index (χ1v) is 10.6. The molecule has 0 saturated heterocycles. The Morgan fingerprint density at radius 2 is 1.83 bits per heavy atom.